The maximum atomic E-state index is 13.7. The third-order valence-electron chi connectivity index (χ3n) is 4.54. The van der Waals surface area contributed by atoms with Gasteiger partial charge in [0.05, 0.1) is 17.8 Å². The SMILES string of the molecule is O=C(Cn1cnc2c(nnn2Cc2cccc(C(F)(F)F)c2)c1=O)Nc1ccccc1F. The Balaban J connectivity index is 1.56. The van der Waals surface area contributed by atoms with E-state index in [0.29, 0.717) is 5.56 Å². The van der Waals surface area contributed by atoms with Gasteiger partial charge in [0.1, 0.15) is 18.7 Å². The highest BCUT2D eigenvalue weighted by molar-refractivity contribution is 5.90. The lowest BCUT2D eigenvalue weighted by molar-refractivity contribution is -0.137. The molecule has 0 aliphatic rings. The van der Waals surface area contributed by atoms with Gasteiger partial charge in [-0.15, -0.1) is 5.10 Å². The fraction of sp³-hybridized carbons (Fsp3) is 0.150. The molecule has 2 aromatic carbocycles. The van der Waals surface area contributed by atoms with Gasteiger partial charge in [0.2, 0.25) is 5.91 Å². The van der Waals surface area contributed by atoms with Crippen molar-refractivity contribution < 1.29 is 22.4 Å². The van der Waals surface area contributed by atoms with Gasteiger partial charge in [-0.05, 0) is 29.8 Å². The molecule has 2 aromatic heterocycles. The van der Waals surface area contributed by atoms with E-state index in [0.717, 1.165) is 23.0 Å². The third kappa shape index (κ3) is 4.33. The minimum atomic E-state index is -4.49. The topological polar surface area (TPSA) is 94.7 Å². The van der Waals surface area contributed by atoms with Crippen molar-refractivity contribution in [3.05, 3.63) is 82.2 Å². The fourth-order valence-corrected chi connectivity index (χ4v) is 3.03. The Morgan fingerprint density at radius 2 is 1.88 bits per heavy atom. The zero-order valence-electron chi connectivity index (χ0n) is 16.2. The smallest absolute Gasteiger partial charge is 0.322 e. The highest BCUT2D eigenvalue weighted by Gasteiger charge is 2.30. The monoisotopic (exact) mass is 446 g/mol. The molecule has 12 heteroatoms. The minimum Gasteiger partial charge on any atom is -0.322 e. The molecule has 0 saturated heterocycles. The van der Waals surface area contributed by atoms with E-state index in [4.69, 9.17) is 0 Å². The number of hydrogen-bond donors (Lipinski definition) is 1. The van der Waals surface area contributed by atoms with Gasteiger partial charge < -0.3 is 5.32 Å². The Morgan fingerprint density at radius 3 is 2.62 bits per heavy atom. The number of aromatic nitrogens is 5. The van der Waals surface area contributed by atoms with Crippen LogP contribution in [0.5, 0.6) is 0 Å². The summed E-state index contributed by atoms with van der Waals surface area (Å²) < 4.78 is 54.6. The van der Waals surface area contributed by atoms with Crippen LogP contribution in [0, 0.1) is 5.82 Å². The summed E-state index contributed by atoms with van der Waals surface area (Å²) in [4.78, 5) is 28.9. The minimum absolute atomic E-state index is 0.0355. The average Bonchev–Trinajstić information content (AvgIpc) is 3.15. The highest BCUT2D eigenvalue weighted by Crippen LogP contribution is 2.29. The summed E-state index contributed by atoms with van der Waals surface area (Å²) in [6.45, 7) is -0.540. The van der Waals surface area contributed by atoms with E-state index < -0.39 is 35.6 Å². The molecule has 0 atom stereocenters. The zero-order valence-corrected chi connectivity index (χ0v) is 16.2. The van der Waals surface area contributed by atoms with Gasteiger partial charge in [-0.2, -0.15) is 13.2 Å². The van der Waals surface area contributed by atoms with Gasteiger partial charge in [-0.3, -0.25) is 14.2 Å². The second kappa shape index (κ2) is 8.21. The molecule has 8 nitrogen and oxygen atoms in total. The predicted octanol–water partition coefficient (Wildman–Crippen LogP) is 2.83. The molecule has 2 heterocycles. The number of alkyl halides is 3. The van der Waals surface area contributed by atoms with Crippen LogP contribution in [0.2, 0.25) is 0 Å². The van der Waals surface area contributed by atoms with Crippen LogP contribution >= 0.6 is 0 Å². The van der Waals surface area contributed by atoms with E-state index in [1.807, 2.05) is 0 Å². The largest absolute Gasteiger partial charge is 0.416 e. The summed E-state index contributed by atoms with van der Waals surface area (Å²) >= 11 is 0. The number of carbonyl (C=O) groups excluding carboxylic acids is 1. The number of benzene rings is 2. The van der Waals surface area contributed by atoms with Crippen molar-refractivity contribution in [1.82, 2.24) is 24.5 Å². The normalized spacial score (nSPS) is 11.6. The number of fused-ring (bicyclic) bond motifs is 1. The number of nitrogens with zero attached hydrogens (tertiary/aromatic N) is 5. The molecule has 0 unspecified atom stereocenters. The predicted molar refractivity (Wildman–Crippen MR) is 105 cm³/mol. The number of para-hydroxylation sites is 1. The van der Waals surface area contributed by atoms with Crippen LogP contribution in [0.15, 0.2) is 59.7 Å². The molecular weight excluding hydrogens is 432 g/mol. The number of carbonyl (C=O) groups is 1. The zero-order chi connectivity index (χ0) is 22.9. The summed E-state index contributed by atoms with van der Waals surface area (Å²) in [6.07, 6.45) is -3.40. The number of hydrogen-bond acceptors (Lipinski definition) is 5. The van der Waals surface area contributed by atoms with Crippen molar-refractivity contribution in [1.29, 1.82) is 0 Å². The number of halogens is 4. The van der Waals surface area contributed by atoms with Crippen LogP contribution in [-0.2, 0) is 24.1 Å². The summed E-state index contributed by atoms with van der Waals surface area (Å²) in [6, 6.07) is 10.2. The molecule has 0 aliphatic heterocycles. The molecule has 1 amide bonds. The van der Waals surface area contributed by atoms with E-state index in [2.05, 4.69) is 20.6 Å². The van der Waals surface area contributed by atoms with Gasteiger partial charge in [0, 0.05) is 0 Å². The maximum absolute atomic E-state index is 13.7. The van der Waals surface area contributed by atoms with Crippen LogP contribution in [0.3, 0.4) is 0 Å². The van der Waals surface area contributed by atoms with Crippen molar-refractivity contribution in [2.45, 2.75) is 19.3 Å². The second-order valence-electron chi connectivity index (χ2n) is 6.82. The van der Waals surface area contributed by atoms with Gasteiger partial charge >= 0.3 is 6.18 Å². The van der Waals surface area contributed by atoms with Gasteiger partial charge in [0.15, 0.2) is 11.2 Å². The first-order chi connectivity index (χ1) is 15.2. The van der Waals surface area contributed by atoms with Crippen molar-refractivity contribution in [3.63, 3.8) is 0 Å². The van der Waals surface area contributed by atoms with Crippen molar-refractivity contribution in [2.75, 3.05) is 5.32 Å². The molecular formula is C20H14F4N6O2. The molecule has 4 rings (SSSR count). The molecule has 32 heavy (non-hydrogen) atoms. The Kier molecular flexibility index (Phi) is 5.43. The van der Waals surface area contributed by atoms with Crippen LogP contribution in [-0.4, -0.2) is 30.5 Å². The Hall–Kier alpha value is -4.09. The summed E-state index contributed by atoms with van der Waals surface area (Å²) in [7, 11) is 0. The van der Waals surface area contributed by atoms with Crippen LogP contribution in [0.4, 0.5) is 23.2 Å². The standard InChI is InChI=1S/C20H14F4N6O2/c21-14-6-1-2-7-15(14)26-16(31)10-29-11-25-18-17(19(29)32)27-28-30(18)9-12-4-3-5-13(8-12)20(22,23)24/h1-8,11H,9-10H2,(H,26,31). The molecule has 0 spiro atoms. The maximum Gasteiger partial charge on any atom is 0.416 e. The lowest BCUT2D eigenvalue weighted by Gasteiger charge is -2.09. The van der Waals surface area contributed by atoms with Crippen LogP contribution in [0.25, 0.3) is 11.2 Å². The first-order valence-electron chi connectivity index (χ1n) is 9.21. The fourth-order valence-electron chi connectivity index (χ4n) is 3.03. The lowest BCUT2D eigenvalue weighted by atomic mass is 10.1. The molecule has 164 valence electrons. The number of anilines is 1. The number of nitrogens with one attached hydrogen (secondary N) is 1. The summed E-state index contributed by atoms with van der Waals surface area (Å²) in [5, 5.41) is 9.91. The van der Waals surface area contributed by atoms with Crippen molar-refractivity contribution in [3.8, 4) is 0 Å². The van der Waals surface area contributed by atoms with Gasteiger partial charge in [0.25, 0.3) is 5.56 Å². The second-order valence-corrected chi connectivity index (χ2v) is 6.82. The van der Waals surface area contributed by atoms with Crippen molar-refractivity contribution >= 4 is 22.8 Å². The van der Waals surface area contributed by atoms with Gasteiger partial charge in [-0.25, -0.2) is 14.1 Å². The molecule has 4 aromatic rings. The van der Waals surface area contributed by atoms with Crippen molar-refractivity contribution in [2.24, 2.45) is 0 Å². The molecule has 1 N–H and O–H groups in total. The first-order valence-corrected chi connectivity index (χ1v) is 9.21. The molecule has 0 saturated carbocycles. The molecule has 0 bridgehead atoms. The third-order valence-corrected chi connectivity index (χ3v) is 4.54. The first kappa shape index (κ1) is 21.2. The van der Waals surface area contributed by atoms with Crippen LogP contribution < -0.4 is 10.9 Å². The molecule has 0 aliphatic carbocycles. The number of amides is 1. The Morgan fingerprint density at radius 1 is 1.09 bits per heavy atom. The van der Waals surface area contributed by atoms with E-state index in [-0.39, 0.29) is 23.4 Å². The Labute approximate surface area is 177 Å². The van der Waals surface area contributed by atoms with Gasteiger partial charge in [-0.1, -0.05) is 29.5 Å². The lowest BCUT2D eigenvalue weighted by Crippen LogP contribution is -2.28. The molecule has 0 radical (unpaired) electrons. The number of rotatable bonds is 5. The Bertz CT molecular complexity index is 1360. The van der Waals surface area contributed by atoms with E-state index >= 15 is 0 Å². The van der Waals surface area contributed by atoms with E-state index in [9.17, 15) is 27.2 Å². The average molecular weight is 446 g/mol. The summed E-state index contributed by atoms with van der Waals surface area (Å²) in [5.74, 6) is -1.28. The van der Waals surface area contributed by atoms with E-state index in [1.54, 1.807) is 6.07 Å². The van der Waals surface area contributed by atoms with Crippen LogP contribution in [0.1, 0.15) is 11.1 Å². The molecule has 0 fully saturated rings. The highest BCUT2D eigenvalue weighted by atomic mass is 19.4. The quantitative estimate of drug-likeness (QED) is 0.476. The summed E-state index contributed by atoms with van der Waals surface area (Å²) in [5.41, 5.74) is -1.32. The van der Waals surface area contributed by atoms with E-state index in [1.165, 1.54) is 35.0 Å².